The third-order valence-corrected chi connectivity index (χ3v) is 4.15. The highest BCUT2D eigenvalue weighted by molar-refractivity contribution is 6.07. The van der Waals surface area contributed by atoms with E-state index in [1.54, 1.807) is 20.2 Å². The van der Waals surface area contributed by atoms with Crippen molar-refractivity contribution in [1.29, 1.82) is 0 Å². The van der Waals surface area contributed by atoms with Gasteiger partial charge >= 0.3 is 0 Å². The summed E-state index contributed by atoms with van der Waals surface area (Å²) in [6.45, 7) is 2.24. The van der Waals surface area contributed by atoms with Gasteiger partial charge in [0.2, 0.25) is 5.60 Å². The molecule has 2 aromatic rings. The van der Waals surface area contributed by atoms with Crippen LogP contribution in [0.3, 0.4) is 0 Å². The van der Waals surface area contributed by atoms with Gasteiger partial charge in [0.25, 0.3) is 5.91 Å². The number of nitrogens with zero attached hydrogens (tertiary/aromatic N) is 2. The van der Waals surface area contributed by atoms with Crippen molar-refractivity contribution < 1.29 is 14.4 Å². The molecule has 0 spiro atoms. The summed E-state index contributed by atoms with van der Waals surface area (Å²) < 4.78 is 5.36. The van der Waals surface area contributed by atoms with Crippen LogP contribution < -0.4 is 10.1 Å². The van der Waals surface area contributed by atoms with Gasteiger partial charge in [0.15, 0.2) is 0 Å². The van der Waals surface area contributed by atoms with Crippen molar-refractivity contribution in [2.24, 2.45) is 5.16 Å². The standard InChI is InChI=1S/C19H21N3O3/c1-19(18(23)21-12-10-14-7-5-6-11-20-14)13-16(22-25-19)15-8-3-4-9-17(15)24-2/h3-9,11H,10,12-13H2,1-2H3,(H,21,23)/t19-/m1/s1. The number of amides is 1. The van der Waals surface area contributed by atoms with Crippen LogP contribution in [0, 0.1) is 0 Å². The summed E-state index contributed by atoms with van der Waals surface area (Å²) in [7, 11) is 1.61. The van der Waals surface area contributed by atoms with Gasteiger partial charge in [0.1, 0.15) is 5.75 Å². The molecule has 0 radical (unpaired) electrons. The second kappa shape index (κ2) is 7.34. The van der Waals surface area contributed by atoms with E-state index < -0.39 is 5.60 Å². The lowest BCUT2D eigenvalue weighted by atomic mass is 9.94. The number of nitrogens with one attached hydrogen (secondary N) is 1. The van der Waals surface area contributed by atoms with Crippen LogP contribution in [0.15, 0.2) is 53.8 Å². The summed E-state index contributed by atoms with van der Waals surface area (Å²) in [4.78, 5) is 22.2. The van der Waals surface area contributed by atoms with Crippen molar-refractivity contribution in [3.05, 3.63) is 59.9 Å². The molecule has 2 heterocycles. The predicted octanol–water partition coefficient (Wildman–Crippen LogP) is 2.33. The number of ether oxygens (including phenoxy) is 1. The summed E-state index contributed by atoms with van der Waals surface area (Å²) in [5.74, 6) is 0.529. The number of methoxy groups -OCH3 is 1. The Balaban J connectivity index is 1.59. The lowest BCUT2D eigenvalue weighted by molar-refractivity contribution is -0.141. The van der Waals surface area contributed by atoms with Crippen molar-refractivity contribution in [3.63, 3.8) is 0 Å². The molecule has 6 nitrogen and oxygen atoms in total. The first-order chi connectivity index (χ1) is 12.1. The van der Waals surface area contributed by atoms with Crippen molar-refractivity contribution in [3.8, 4) is 5.75 Å². The van der Waals surface area contributed by atoms with Gasteiger partial charge in [-0.15, -0.1) is 0 Å². The van der Waals surface area contributed by atoms with E-state index in [0.29, 0.717) is 30.8 Å². The molecule has 1 aliphatic rings. The van der Waals surface area contributed by atoms with Crippen molar-refractivity contribution in [1.82, 2.24) is 10.3 Å². The van der Waals surface area contributed by atoms with Crippen LogP contribution in [-0.2, 0) is 16.1 Å². The Morgan fingerprint density at radius 1 is 1.28 bits per heavy atom. The van der Waals surface area contributed by atoms with Gasteiger partial charge < -0.3 is 14.9 Å². The first-order valence-electron chi connectivity index (χ1n) is 8.19. The molecule has 1 amide bonds. The van der Waals surface area contributed by atoms with E-state index >= 15 is 0 Å². The second-order valence-electron chi connectivity index (χ2n) is 6.06. The Morgan fingerprint density at radius 2 is 2.08 bits per heavy atom. The molecule has 0 saturated carbocycles. The zero-order valence-electron chi connectivity index (χ0n) is 14.4. The summed E-state index contributed by atoms with van der Waals surface area (Å²) in [5.41, 5.74) is 1.47. The number of para-hydroxylation sites is 1. The average Bonchev–Trinajstić information content (AvgIpc) is 3.06. The number of pyridine rings is 1. The first kappa shape index (κ1) is 17.0. The molecule has 1 aliphatic heterocycles. The van der Waals surface area contributed by atoms with E-state index in [1.807, 2.05) is 42.5 Å². The van der Waals surface area contributed by atoms with Crippen molar-refractivity contribution in [2.75, 3.05) is 13.7 Å². The normalized spacial score (nSPS) is 19.0. The van der Waals surface area contributed by atoms with Gasteiger partial charge in [-0.1, -0.05) is 23.4 Å². The number of carbonyl (C=O) groups excluding carboxylic acids is 1. The van der Waals surface area contributed by atoms with Crippen LogP contribution >= 0.6 is 0 Å². The summed E-state index contributed by atoms with van der Waals surface area (Å²) in [5, 5.41) is 7.02. The highest BCUT2D eigenvalue weighted by Gasteiger charge is 2.42. The van der Waals surface area contributed by atoms with Crippen LogP contribution in [-0.4, -0.2) is 35.9 Å². The van der Waals surface area contributed by atoms with Crippen molar-refractivity contribution >= 4 is 11.6 Å². The highest BCUT2D eigenvalue weighted by atomic mass is 16.7. The molecule has 1 aromatic carbocycles. The molecule has 6 heteroatoms. The number of oxime groups is 1. The third kappa shape index (κ3) is 3.79. The summed E-state index contributed by atoms with van der Waals surface area (Å²) in [6, 6.07) is 13.3. The molecule has 0 unspecified atom stereocenters. The van der Waals surface area contributed by atoms with Gasteiger partial charge in [-0.05, 0) is 31.2 Å². The highest BCUT2D eigenvalue weighted by Crippen LogP contribution is 2.30. The van der Waals surface area contributed by atoms with Crippen LogP contribution in [0.1, 0.15) is 24.6 Å². The molecular formula is C19H21N3O3. The maximum absolute atomic E-state index is 12.5. The monoisotopic (exact) mass is 339 g/mol. The Hall–Kier alpha value is -2.89. The lowest BCUT2D eigenvalue weighted by Gasteiger charge is -2.20. The minimum atomic E-state index is -1.01. The SMILES string of the molecule is COc1ccccc1C1=NO[C@@](C)(C(=O)NCCc2ccccn2)C1. The van der Waals surface area contributed by atoms with E-state index in [0.717, 1.165) is 11.3 Å². The van der Waals surface area contributed by atoms with Crippen LogP contribution in [0.25, 0.3) is 0 Å². The van der Waals surface area contributed by atoms with E-state index in [9.17, 15) is 4.79 Å². The Kier molecular flexibility index (Phi) is 4.97. The number of aromatic nitrogens is 1. The summed E-state index contributed by atoms with van der Waals surface area (Å²) in [6.07, 6.45) is 2.80. The van der Waals surface area contributed by atoms with Gasteiger partial charge in [-0.3, -0.25) is 9.78 Å². The summed E-state index contributed by atoms with van der Waals surface area (Å²) >= 11 is 0. The topological polar surface area (TPSA) is 72.8 Å². The van der Waals surface area contributed by atoms with E-state index in [1.165, 1.54) is 0 Å². The molecule has 0 bridgehead atoms. The Labute approximate surface area is 146 Å². The van der Waals surface area contributed by atoms with E-state index in [2.05, 4.69) is 15.5 Å². The zero-order valence-corrected chi connectivity index (χ0v) is 14.4. The first-order valence-corrected chi connectivity index (χ1v) is 8.19. The van der Waals surface area contributed by atoms with Gasteiger partial charge in [-0.2, -0.15) is 0 Å². The molecule has 1 aromatic heterocycles. The maximum Gasteiger partial charge on any atom is 0.267 e. The molecule has 1 N–H and O–H groups in total. The van der Waals surface area contributed by atoms with Gasteiger partial charge in [-0.25, -0.2) is 0 Å². The zero-order chi connectivity index (χ0) is 17.7. The predicted molar refractivity (Wildman–Crippen MR) is 94.6 cm³/mol. The Bertz CT molecular complexity index is 776. The minimum absolute atomic E-state index is 0.183. The number of benzene rings is 1. The lowest BCUT2D eigenvalue weighted by Crippen LogP contribution is -2.45. The Morgan fingerprint density at radius 3 is 2.84 bits per heavy atom. The quantitative estimate of drug-likeness (QED) is 0.877. The second-order valence-corrected chi connectivity index (χ2v) is 6.06. The average molecular weight is 339 g/mol. The molecule has 0 aliphatic carbocycles. The molecule has 1 atom stereocenters. The fourth-order valence-corrected chi connectivity index (χ4v) is 2.73. The number of rotatable bonds is 6. The van der Waals surface area contributed by atoms with Crippen LogP contribution in [0.4, 0.5) is 0 Å². The third-order valence-electron chi connectivity index (χ3n) is 4.15. The number of carbonyl (C=O) groups is 1. The van der Waals surface area contributed by atoms with Crippen LogP contribution in [0.2, 0.25) is 0 Å². The van der Waals surface area contributed by atoms with Crippen molar-refractivity contribution in [2.45, 2.75) is 25.4 Å². The van der Waals surface area contributed by atoms with Gasteiger partial charge in [0.05, 0.1) is 12.8 Å². The largest absolute Gasteiger partial charge is 0.496 e. The molecule has 0 fully saturated rings. The van der Waals surface area contributed by atoms with E-state index in [-0.39, 0.29) is 5.91 Å². The fraction of sp³-hybridized carbons (Fsp3) is 0.316. The van der Waals surface area contributed by atoms with Gasteiger partial charge in [0, 0.05) is 36.8 Å². The fourth-order valence-electron chi connectivity index (χ4n) is 2.73. The molecule has 3 rings (SSSR count). The number of hydrogen-bond acceptors (Lipinski definition) is 5. The molecule has 130 valence electrons. The smallest absolute Gasteiger partial charge is 0.267 e. The molecule has 0 saturated heterocycles. The molecule has 25 heavy (non-hydrogen) atoms. The minimum Gasteiger partial charge on any atom is -0.496 e. The van der Waals surface area contributed by atoms with E-state index in [4.69, 9.17) is 9.57 Å². The maximum atomic E-state index is 12.5. The number of hydrogen-bond donors (Lipinski definition) is 1. The van der Waals surface area contributed by atoms with Crippen LogP contribution in [0.5, 0.6) is 5.75 Å². The molecular weight excluding hydrogens is 318 g/mol.